The smallest absolute Gasteiger partial charge is 0.246 e. The summed E-state index contributed by atoms with van der Waals surface area (Å²) in [6, 6.07) is 6.83. The molecule has 0 aromatic heterocycles. The molecule has 5 heteroatoms. The number of benzene rings is 1. The molecule has 0 aliphatic carbocycles. The first-order valence-electron chi connectivity index (χ1n) is 7.21. The normalized spacial score (nSPS) is 24.2. The molecule has 21 heavy (non-hydrogen) atoms. The lowest BCUT2D eigenvalue weighted by molar-refractivity contribution is -0.152. The molecule has 0 spiro atoms. The van der Waals surface area contributed by atoms with Crippen molar-refractivity contribution in [3.8, 4) is 0 Å². The lowest BCUT2D eigenvalue weighted by Crippen LogP contribution is -2.64. The Hall–Kier alpha value is -1.36. The fourth-order valence-corrected chi connectivity index (χ4v) is 2.96. The summed E-state index contributed by atoms with van der Waals surface area (Å²) in [5.41, 5.74) is 1.02. The third-order valence-corrected chi connectivity index (χ3v) is 4.58. The van der Waals surface area contributed by atoms with Gasteiger partial charge in [0.25, 0.3) is 0 Å². The van der Waals surface area contributed by atoms with Crippen LogP contribution < -0.4 is 5.32 Å². The summed E-state index contributed by atoms with van der Waals surface area (Å²) in [4.78, 5) is 26.6. The molecular weight excluding hydrogens is 332 g/mol. The number of piperazine rings is 1. The molecule has 1 aromatic rings. The summed E-state index contributed by atoms with van der Waals surface area (Å²) in [5.74, 6) is -0.0154. The van der Waals surface area contributed by atoms with Crippen LogP contribution in [-0.2, 0) is 9.59 Å². The molecule has 1 aromatic carbocycles. The van der Waals surface area contributed by atoms with Crippen LogP contribution in [0.25, 0.3) is 0 Å². The van der Waals surface area contributed by atoms with E-state index in [0.717, 1.165) is 10.0 Å². The number of amides is 2. The van der Waals surface area contributed by atoms with Crippen LogP contribution in [0.4, 0.5) is 0 Å². The molecule has 0 saturated carbocycles. The van der Waals surface area contributed by atoms with Gasteiger partial charge in [-0.1, -0.05) is 41.9 Å². The van der Waals surface area contributed by atoms with Gasteiger partial charge in [-0.3, -0.25) is 9.59 Å². The van der Waals surface area contributed by atoms with Gasteiger partial charge in [0.05, 0.1) is 6.04 Å². The Labute approximate surface area is 134 Å². The van der Waals surface area contributed by atoms with Gasteiger partial charge < -0.3 is 10.2 Å². The predicted octanol–water partition coefficient (Wildman–Crippen LogP) is 2.88. The van der Waals surface area contributed by atoms with Crippen LogP contribution >= 0.6 is 15.9 Å². The van der Waals surface area contributed by atoms with E-state index in [1.54, 1.807) is 11.8 Å². The van der Waals surface area contributed by atoms with Crippen molar-refractivity contribution in [1.82, 2.24) is 10.2 Å². The summed E-state index contributed by atoms with van der Waals surface area (Å²) < 4.78 is 0.995. The SMILES string of the molecule is CC(C)C1NC(=O)C(C)N(C(C)c2ccc(Br)cc2)C1=O. The van der Waals surface area contributed by atoms with Gasteiger partial charge in [-0.05, 0) is 37.5 Å². The van der Waals surface area contributed by atoms with Crippen molar-refractivity contribution in [2.24, 2.45) is 5.92 Å². The quantitative estimate of drug-likeness (QED) is 0.909. The average molecular weight is 353 g/mol. The van der Waals surface area contributed by atoms with Crippen molar-refractivity contribution >= 4 is 27.7 Å². The molecule has 1 heterocycles. The summed E-state index contributed by atoms with van der Waals surface area (Å²) in [6.07, 6.45) is 0. The zero-order chi connectivity index (χ0) is 15.7. The van der Waals surface area contributed by atoms with Crippen LogP contribution in [0, 0.1) is 5.92 Å². The minimum absolute atomic E-state index is 0.00693. The monoisotopic (exact) mass is 352 g/mol. The van der Waals surface area contributed by atoms with E-state index in [0.29, 0.717) is 0 Å². The van der Waals surface area contributed by atoms with E-state index in [-0.39, 0.29) is 23.8 Å². The second kappa shape index (κ2) is 6.18. The molecule has 1 aliphatic rings. The van der Waals surface area contributed by atoms with Gasteiger partial charge in [-0.2, -0.15) is 0 Å². The van der Waals surface area contributed by atoms with Crippen LogP contribution in [0.5, 0.6) is 0 Å². The van der Waals surface area contributed by atoms with E-state index in [1.165, 1.54) is 0 Å². The van der Waals surface area contributed by atoms with Crippen LogP contribution in [0.1, 0.15) is 39.3 Å². The number of carbonyl (C=O) groups is 2. The third-order valence-electron chi connectivity index (χ3n) is 4.05. The second-order valence-electron chi connectivity index (χ2n) is 5.88. The molecule has 2 amide bonds. The second-order valence-corrected chi connectivity index (χ2v) is 6.79. The Morgan fingerprint density at radius 1 is 1.14 bits per heavy atom. The first kappa shape index (κ1) is 16.0. The number of carbonyl (C=O) groups excluding carboxylic acids is 2. The van der Waals surface area contributed by atoms with Gasteiger partial charge in [0.2, 0.25) is 11.8 Å². The lowest BCUT2D eigenvalue weighted by Gasteiger charge is -2.42. The fourth-order valence-electron chi connectivity index (χ4n) is 2.69. The lowest BCUT2D eigenvalue weighted by atomic mass is 9.95. The maximum Gasteiger partial charge on any atom is 0.246 e. The van der Waals surface area contributed by atoms with E-state index in [2.05, 4.69) is 21.2 Å². The number of halogens is 1. The number of hydrogen-bond donors (Lipinski definition) is 1. The van der Waals surface area contributed by atoms with E-state index in [4.69, 9.17) is 0 Å². The van der Waals surface area contributed by atoms with Gasteiger partial charge in [0.1, 0.15) is 12.1 Å². The summed E-state index contributed by atoms with van der Waals surface area (Å²) in [6.45, 7) is 7.63. The topological polar surface area (TPSA) is 49.4 Å². The fraction of sp³-hybridized carbons (Fsp3) is 0.500. The van der Waals surface area contributed by atoms with E-state index in [1.807, 2.05) is 45.0 Å². The average Bonchev–Trinajstić information content (AvgIpc) is 2.43. The van der Waals surface area contributed by atoms with Crippen LogP contribution in [-0.4, -0.2) is 28.8 Å². The molecule has 114 valence electrons. The molecule has 3 unspecified atom stereocenters. The highest BCUT2D eigenvalue weighted by molar-refractivity contribution is 9.10. The maximum atomic E-state index is 12.7. The Balaban J connectivity index is 2.32. The highest BCUT2D eigenvalue weighted by Gasteiger charge is 2.41. The van der Waals surface area contributed by atoms with Crippen molar-refractivity contribution in [1.29, 1.82) is 0 Å². The van der Waals surface area contributed by atoms with Gasteiger partial charge in [0.15, 0.2) is 0 Å². The minimum atomic E-state index is -0.453. The van der Waals surface area contributed by atoms with Crippen molar-refractivity contribution in [3.63, 3.8) is 0 Å². The number of nitrogens with one attached hydrogen (secondary N) is 1. The summed E-state index contributed by atoms with van der Waals surface area (Å²) in [7, 11) is 0. The molecule has 0 radical (unpaired) electrons. The molecule has 1 N–H and O–H groups in total. The van der Waals surface area contributed by atoms with E-state index < -0.39 is 12.1 Å². The standard InChI is InChI=1S/C16H21BrN2O2/c1-9(2)14-16(21)19(11(4)15(20)18-14)10(3)12-5-7-13(17)8-6-12/h5-11,14H,1-4H3,(H,18,20). The number of hydrogen-bond acceptors (Lipinski definition) is 2. The molecule has 1 aliphatic heterocycles. The molecule has 4 nitrogen and oxygen atoms in total. The molecule has 3 atom stereocenters. The minimum Gasteiger partial charge on any atom is -0.342 e. The third kappa shape index (κ3) is 3.12. The van der Waals surface area contributed by atoms with Crippen molar-refractivity contribution in [2.45, 2.75) is 45.8 Å². The van der Waals surface area contributed by atoms with Crippen LogP contribution in [0.15, 0.2) is 28.7 Å². The maximum absolute atomic E-state index is 12.7. The molecule has 1 fully saturated rings. The Morgan fingerprint density at radius 3 is 2.24 bits per heavy atom. The van der Waals surface area contributed by atoms with Gasteiger partial charge in [0, 0.05) is 4.47 Å². The molecule has 1 saturated heterocycles. The first-order chi connectivity index (χ1) is 9.82. The number of nitrogens with zero attached hydrogens (tertiary/aromatic N) is 1. The first-order valence-corrected chi connectivity index (χ1v) is 8.00. The van der Waals surface area contributed by atoms with Crippen LogP contribution in [0.2, 0.25) is 0 Å². The molecular formula is C16H21BrN2O2. The van der Waals surface area contributed by atoms with Gasteiger partial charge >= 0.3 is 0 Å². The van der Waals surface area contributed by atoms with Gasteiger partial charge in [-0.15, -0.1) is 0 Å². The van der Waals surface area contributed by atoms with Crippen molar-refractivity contribution in [3.05, 3.63) is 34.3 Å². The molecule has 2 rings (SSSR count). The van der Waals surface area contributed by atoms with Crippen molar-refractivity contribution in [2.75, 3.05) is 0 Å². The van der Waals surface area contributed by atoms with Crippen molar-refractivity contribution < 1.29 is 9.59 Å². The van der Waals surface area contributed by atoms with Gasteiger partial charge in [-0.25, -0.2) is 0 Å². The summed E-state index contributed by atoms with van der Waals surface area (Å²) >= 11 is 3.41. The Morgan fingerprint density at radius 2 is 1.71 bits per heavy atom. The summed E-state index contributed by atoms with van der Waals surface area (Å²) in [5, 5.41) is 2.82. The highest BCUT2D eigenvalue weighted by atomic mass is 79.9. The Bertz CT molecular complexity index is 542. The zero-order valence-corrected chi connectivity index (χ0v) is 14.3. The predicted molar refractivity (Wildman–Crippen MR) is 85.6 cm³/mol. The van der Waals surface area contributed by atoms with Crippen LogP contribution in [0.3, 0.4) is 0 Å². The van der Waals surface area contributed by atoms with E-state index in [9.17, 15) is 9.59 Å². The van der Waals surface area contributed by atoms with E-state index >= 15 is 0 Å². The highest BCUT2D eigenvalue weighted by Crippen LogP contribution is 2.28. The molecule has 0 bridgehead atoms. The number of rotatable bonds is 3. The zero-order valence-electron chi connectivity index (χ0n) is 12.8. The Kier molecular flexibility index (Phi) is 4.71. The largest absolute Gasteiger partial charge is 0.342 e.